The normalized spacial score (nSPS) is 31.5. The molecule has 3 aliphatic rings. The van der Waals surface area contributed by atoms with Crippen molar-refractivity contribution >= 4 is 12.0 Å². The summed E-state index contributed by atoms with van der Waals surface area (Å²) in [5, 5.41) is 0. The zero-order chi connectivity index (χ0) is 15.9. The molecule has 3 unspecified atom stereocenters. The van der Waals surface area contributed by atoms with Crippen molar-refractivity contribution in [3.63, 3.8) is 0 Å². The maximum Gasteiger partial charge on any atom is 0.410 e. The van der Waals surface area contributed by atoms with E-state index in [1.54, 1.807) is 4.90 Å². The molecule has 22 heavy (non-hydrogen) atoms. The van der Waals surface area contributed by atoms with Crippen LogP contribution in [0, 0.1) is 17.8 Å². The van der Waals surface area contributed by atoms with E-state index in [4.69, 9.17) is 4.74 Å². The summed E-state index contributed by atoms with van der Waals surface area (Å²) in [6.07, 6.45) is 4.64. The number of piperazine rings is 1. The van der Waals surface area contributed by atoms with Crippen LogP contribution in [0.2, 0.25) is 0 Å². The van der Waals surface area contributed by atoms with Gasteiger partial charge in [0.05, 0.1) is 0 Å². The molecule has 0 aromatic heterocycles. The molecule has 5 nitrogen and oxygen atoms in total. The van der Waals surface area contributed by atoms with Crippen molar-refractivity contribution in [2.45, 2.75) is 52.1 Å². The SMILES string of the molecule is CC(C)(C)OC(=O)N1CCN(C(=O)C2CC3CCC2C3)CC1. The molecule has 1 aliphatic heterocycles. The summed E-state index contributed by atoms with van der Waals surface area (Å²) in [6.45, 7) is 8.08. The standard InChI is InChI=1S/C17H28N2O3/c1-17(2,3)22-16(21)19-8-6-18(7-9-19)15(20)14-11-12-4-5-13(14)10-12/h12-14H,4-11H2,1-3H3. The minimum atomic E-state index is -0.465. The molecule has 2 saturated carbocycles. The Kier molecular flexibility index (Phi) is 4.08. The fourth-order valence-electron chi connectivity index (χ4n) is 4.22. The fraction of sp³-hybridized carbons (Fsp3) is 0.882. The third kappa shape index (κ3) is 3.23. The van der Waals surface area contributed by atoms with Gasteiger partial charge in [-0.15, -0.1) is 0 Å². The summed E-state index contributed by atoms with van der Waals surface area (Å²) >= 11 is 0. The lowest BCUT2D eigenvalue weighted by molar-refractivity contribution is -0.139. The van der Waals surface area contributed by atoms with E-state index in [0.717, 1.165) is 12.3 Å². The third-order valence-corrected chi connectivity index (χ3v) is 5.30. The first-order valence-corrected chi connectivity index (χ1v) is 8.60. The van der Waals surface area contributed by atoms with Crippen molar-refractivity contribution in [1.29, 1.82) is 0 Å². The molecule has 3 atom stereocenters. The molecule has 0 spiro atoms. The average molecular weight is 308 g/mol. The largest absolute Gasteiger partial charge is 0.444 e. The van der Waals surface area contributed by atoms with E-state index < -0.39 is 5.60 Å². The van der Waals surface area contributed by atoms with Crippen molar-refractivity contribution < 1.29 is 14.3 Å². The second-order valence-electron chi connectivity index (χ2n) is 8.07. The van der Waals surface area contributed by atoms with E-state index in [1.165, 1.54) is 19.3 Å². The van der Waals surface area contributed by atoms with Gasteiger partial charge in [-0.1, -0.05) is 6.42 Å². The van der Waals surface area contributed by atoms with Crippen LogP contribution in [0.4, 0.5) is 4.79 Å². The van der Waals surface area contributed by atoms with Crippen molar-refractivity contribution in [1.82, 2.24) is 9.80 Å². The number of ether oxygens (including phenoxy) is 1. The van der Waals surface area contributed by atoms with E-state index in [2.05, 4.69) is 0 Å². The summed E-state index contributed by atoms with van der Waals surface area (Å²) in [5.74, 6) is 2.01. The van der Waals surface area contributed by atoms with Crippen LogP contribution in [0.1, 0.15) is 46.5 Å². The van der Waals surface area contributed by atoms with Gasteiger partial charge in [-0.25, -0.2) is 4.79 Å². The molecule has 5 heteroatoms. The van der Waals surface area contributed by atoms with Crippen molar-refractivity contribution in [2.75, 3.05) is 26.2 Å². The Morgan fingerprint density at radius 3 is 2.09 bits per heavy atom. The molecule has 3 rings (SSSR count). The van der Waals surface area contributed by atoms with Gasteiger partial charge in [0.25, 0.3) is 0 Å². The van der Waals surface area contributed by atoms with E-state index in [1.807, 2.05) is 25.7 Å². The monoisotopic (exact) mass is 308 g/mol. The zero-order valence-electron chi connectivity index (χ0n) is 14.0. The van der Waals surface area contributed by atoms with E-state index in [-0.39, 0.29) is 12.0 Å². The number of hydrogen-bond donors (Lipinski definition) is 0. The molecule has 2 bridgehead atoms. The Hall–Kier alpha value is -1.26. The molecule has 0 radical (unpaired) electrons. The highest BCUT2D eigenvalue weighted by atomic mass is 16.6. The number of fused-ring (bicyclic) bond motifs is 2. The van der Waals surface area contributed by atoms with Gasteiger partial charge < -0.3 is 14.5 Å². The molecule has 0 N–H and O–H groups in total. The van der Waals surface area contributed by atoms with Crippen LogP contribution in [0.15, 0.2) is 0 Å². The predicted octanol–water partition coefficient (Wildman–Crippen LogP) is 2.50. The Morgan fingerprint density at radius 1 is 0.955 bits per heavy atom. The highest BCUT2D eigenvalue weighted by Crippen LogP contribution is 2.48. The lowest BCUT2D eigenvalue weighted by Crippen LogP contribution is -2.53. The van der Waals surface area contributed by atoms with Gasteiger partial charge in [-0.3, -0.25) is 4.79 Å². The van der Waals surface area contributed by atoms with Crippen LogP contribution in [0.25, 0.3) is 0 Å². The Bertz CT molecular complexity index is 449. The van der Waals surface area contributed by atoms with Crippen LogP contribution in [-0.2, 0) is 9.53 Å². The summed E-state index contributed by atoms with van der Waals surface area (Å²) in [7, 11) is 0. The van der Waals surface area contributed by atoms with Crippen LogP contribution in [-0.4, -0.2) is 53.6 Å². The number of carbonyl (C=O) groups is 2. The Balaban J connectivity index is 1.49. The number of rotatable bonds is 1. The second-order valence-corrected chi connectivity index (χ2v) is 8.07. The lowest BCUT2D eigenvalue weighted by Gasteiger charge is -2.37. The highest BCUT2D eigenvalue weighted by Gasteiger charge is 2.44. The summed E-state index contributed by atoms with van der Waals surface area (Å²) < 4.78 is 5.40. The topological polar surface area (TPSA) is 49.9 Å². The minimum absolute atomic E-state index is 0.256. The van der Waals surface area contributed by atoms with Gasteiger partial charge in [0.15, 0.2) is 0 Å². The van der Waals surface area contributed by atoms with E-state index >= 15 is 0 Å². The summed E-state index contributed by atoms with van der Waals surface area (Å²) in [4.78, 5) is 28.4. The van der Waals surface area contributed by atoms with Crippen LogP contribution in [0.5, 0.6) is 0 Å². The molecule has 1 saturated heterocycles. The maximum atomic E-state index is 12.7. The molecular weight excluding hydrogens is 280 g/mol. The van der Waals surface area contributed by atoms with Crippen molar-refractivity contribution in [2.24, 2.45) is 17.8 Å². The number of carbonyl (C=O) groups excluding carboxylic acids is 2. The summed E-state index contributed by atoms with van der Waals surface area (Å²) in [5.41, 5.74) is -0.465. The van der Waals surface area contributed by atoms with Gasteiger partial charge in [-0.05, 0) is 51.9 Å². The van der Waals surface area contributed by atoms with Crippen LogP contribution in [0.3, 0.4) is 0 Å². The van der Waals surface area contributed by atoms with Gasteiger partial charge in [0, 0.05) is 32.1 Å². The summed E-state index contributed by atoms with van der Waals surface area (Å²) in [6, 6.07) is 0. The fourth-order valence-corrected chi connectivity index (χ4v) is 4.22. The average Bonchev–Trinajstić information content (AvgIpc) is 3.07. The minimum Gasteiger partial charge on any atom is -0.444 e. The van der Waals surface area contributed by atoms with Gasteiger partial charge in [0.2, 0.25) is 5.91 Å². The molecule has 2 amide bonds. The first-order chi connectivity index (χ1) is 10.3. The number of nitrogens with zero attached hydrogens (tertiary/aromatic N) is 2. The molecule has 0 aromatic rings. The highest BCUT2D eigenvalue weighted by molar-refractivity contribution is 5.80. The Morgan fingerprint density at radius 2 is 1.59 bits per heavy atom. The quantitative estimate of drug-likeness (QED) is 0.748. The lowest BCUT2D eigenvalue weighted by atomic mass is 9.87. The molecule has 124 valence electrons. The number of hydrogen-bond acceptors (Lipinski definition) is 3. The smallest absolute Gasteiger partial charge is 0.410 e. The van der Waals surface area contributed by atoms with Crippen LogP contribution >= 0.6 is 0 Å². The molecule has 3 fully saturated rings. The Labute approximate surface area is 133 Å². The third-order valence-electron chi connectivity index (χ3n) is 5.30. The van der Waals surface area contributed by atoms with Crippen molar-refractivity contribution in [3.05, 3.63) is 0 Å². The maximum absolute atomic E-state index is 12.7. The molecule has 1 heterocycles. The van der Waals surface area contributed by atoms with Crippen molar-refractivity contribution in [3.8, 4) is 0 Å². The van der Waals surface area contributed by atoms with Gasteiger partial charge in [-0.2, -0.15) is 0 Å². The number of amides is 2. The first kappa shape index (κ1) is 15.6. The van der Waals surface area contributed by atoms with Crippen LogP contribution < -0.4 is 0 Å². The predicted molar refractivity (Wildman–Crippen MR) is 83.3 cm³/mol. The van der Waals surface area contributed by atoms with E-state index in [0.29, 0.717) is 38.0 Å². The molecular formula is C17H28N2O3. The zero-order valence-corrected chi connectivity index (χ0v) is 14.0. The molecule has 0 aromatic carbocycles. The van der Waals surface area contributed by atoms with Gasteiger partial charge in [0.1, 0.15) is 5.60 Å². The molecule has 2 aliphatic carbocycles. The van der Waals surface area contributed by atoms with E-state index in [9.17, 15) is 9.59 Å². The van der Waals surface area contributed by atoms with Gasteiger partial charge >= 0.3 is 6.09 Å². The second kappa shape index (κ2) is 5.74. The first-order valence-electron chi connectivity index (χ1n) is 8.60.